The molecule has 0 fully saturated rings. The van der Waals surface area contributed by atoms with Crippen molar-refractivity contribution in [3.63, 3.8) is 0 Å². The quantitative estimate of drug-likeness (QED) is 0.165. The second kappa shape index (κ2) is 3.57. The summed E-state index contributed by atoms with van der Waals surface area (Å²) < 4.78 is 0. The minimum Gasteiger partial charge on any atom is -0.337 e. The van der Waals surface area contributed by atoms with Crippen molar-refractivity contribution in [2.75, 3.05) is 0 Å². The van der Waals surface area contributed by atoms with Gasteiger partial charge in [0.05, 0.1) is 10.1 Å². The number of isocyanates is 1. The normalized spacial score (nSPS) is 8.50. The molecule has 0 aromatic rings. The van der Waals surface area contributed by atoms with E-state index in [0.717, 1.165) is 6.08 Å². The zero-order valence-electron chi connectivity index (χ0n) is 3.51. The average molecular weight is 116 g/mol. The molecule has 7 nitrogen and oxygen atoms in total. The smallest absolute Gasteiger partial charge is 0.287 e. The van der Waals surface area contributed by atoms with Gasteiger partial charge in [0.15, 0.2) is 0 Å². The van der Waals surface area contributed by atoms with Crippen LogP contribution in [-0.2, 0) is 4.79 Å². The number of carbonyl (C=O) groups excluding carboxylic acids is 1. The molecular weight excluding hydrogens is 116 g/mol. The third-order valence-electron chi connectivity index (χ3n) is 0.199. The zero-order valence-corrected chi connectivity index (χ0v) is 3.51. The lowest BCUT2D eigenvalue weighted by molar-refractivity contribution is -0.494. The molecule has 0 aliphatic rings. The first kappa shape index (κ1) is 6.38. The lowest BCUT2D eigenvalue weighted by Gasteiger charge is -1.69. The van der Waals surface area contributed by atoms with Crippen molar-refractivity contribution < 1.29 is 9.83 Å². The highest BCUT2D eigenvalue weighted by Gasteiger charge is 1.80. The molecule has 0 radical (unpaired) electrons. The fraction of sp³-hybridized carbons (Fsp3) is 0. The number of hydrogen-bond acceptors (Lipinski definition) is 4. The maximum atomic E-state index is 9.23. The number of nitro groups is 1. The third-order valence-corrected chi connectivity index (χ3v) is 0.199. The molecule has 0 N–H and O–H groups in total. The first-order valence-electron chi connectivity index (χ1n) is 1.39. The van der Waals surface area contributed by atoms with E-state index in [1.54, 1.807) is 0 Å². The number of nitrogens with zero attached hydrogens (tertiary/aromatic N) is 4. The summed E-state index contributed by atoms with van der Waals surface area (Å²) in [6.45, 7) is 0. The molecule has 0 atom stereocenters. The molecule has 0 bridgehead atoms. The first-order chi connectivity index (χ1) is 3.77. The molecule has 0 saturated carbocycles. The molecule has 0 unspecified atom stereocenters. The van der Waals surface area contributed by atoms with Crippen molar-refractivity contribution in [2.45, 2.75) is 0 Å². The molecule has 0 aromatic heterocycles. The summed E-state index contributed by atoms with van der Waals surface area (Å²) in [5, 5.41) is 15.2. The van der Waals surface area contributed by atoms with Crippen LogP contribution in [0.3, 0.4) is 0 Å². The van der Waals surface area contributed by atoms with Gasteiger partial charge in [0.2, 0.25) is 10.4 Å². The molecule has 42 valence electrons. The monoisotopic (exact) mass is 116 g/mol. The Morgan fingerprint density at radius 1 is 1.62 bits per heavy atom. The summed E-state index contributed by atoms with van der Waals surface area (Å²) in [7, 11) is 0. The highest BCUT2D eigenvalue weighted by molar-refractivity contribution is 5.31. The zero-order chi connectivity index (χ0) is 6.41. The lowest BCUT2D eigenvalue weighted by atomic mass is 11.6. The van der Waals surface area contributed by atoms with Gasteiger partial charge in [0.1, 0.15) is 0 Å². The molecule has 0 aromatic carbocycles. The van der Waals surface area contributed by atoms with E-state index < -0.39 is 5.03 Å². The van der Waals surface area contributed by atoms with Crippen LogP contribution in [0, 0.1) is 10.1 Å². The van der Waals surface area contributed by atoms with Crippen LogP contribution in [0.4, 0.5) is 0 Å². The summed E-state index contributed by atoms with van der Waals surface area (Å²) in [6, 6.07) is 0. The topological polar surface area (TPSA) is 97.3 Å². The first-order valence-corrected chi connectivity index (χ1v) is 1.39. The minimum absolute atomic E-state index is 0.933. The molecule has 0 rings (SSSR count). The van der Waals surface area contributed by atoms with Crippen LogP contribution < -0.4 is 0 Å². The van der Waals surface area contributed by atoms with Gasteiger partial charge in [-0.2, -0.15) is 0 Å². The van der Waals surface area contributed by atoms with Crippen molar-refractivity contribution in [3.8, 4) is 0 Å². The Bertz CT molecular complexity index is 151. The number of rotatable bonds is 2. The largest absolute Gasteiger partial charge is 0.337 e. The molecule has 8 heavy (non-hydrogen) atoms. The van der Waals surface area contributed by atoms with E-state index in [2.05, 4.69) is 15.5 Å². The summed E-state index contributed by atoms with van der Waals surface area (Å²) in [6.07, 6.45) is 0.933. The summed E-state index contributed by atoms with van der Waals surface area (Å²) in [4.78, 5) is 18.3. The standard InChI is InChI=1S/CN4O3/c6-1-2-3-4-5(7)8. The van der Waals surface area contributed by atoms with Gasteiger partial charge in [0.25, 0.3) is 6.08 Å². The Kier molecular flexibility index (Phi) is 2.84. The Morgan fingerprint density at radius 3 is 2.62 bits per heavy atom. The molecule has 0 heterocycles. The summed E-state index contributed by atoms with van der Waals surface area (Å²) >= 11 is 0. The van der Waals surface area contributed by atoms with E-state index >= 15 is 0 Å². The molecular formula is CN4O3. The summed E-state index contributed by atoms with van der Waals surface area (Å²) in [5.74, 6) is 0. The molecule has 0 spiro atoms. The minimum atomic E-state index is -1.08. The highest BCUT2D eigenvalue weighted by Crippen LogP contribution is 1.72. The van der Waals surface area contributed by atoms with E-state index in [0.29, 0.717) is 0 Å². The van der Waals surface area contributed by atoms with Crippen LogP contribution in [0.15, 0.2) is 15.5 Å². The van der Waals surface area contributed by atoms with Crippen LogP contribution in [-0.4, -0.2) is 11.1 Å². The van der Waals surface area contributed by atoms with Crippen LogP contribution in [0.2, 0.25) is 0 Å². The highest BCUT2D eigenvalue weighted by atomic mass is 16.7. The molecule has 0 saturated heterocycles. The van der Waals surface area contributed by atoms with E-state index in [1.807, 2.05) is 0 Å². The predicted octanol–water partition coefficient (Wildman–Crippen LogP) is -0.119. The maximum absolute atomic E-state index is 9.23. The Morgan fingerprint density at radius 2 is 2.25 bits per heavy atom. The lowest BCUT2D eigenvalue weighted by Crippen LogP contribution is -1.79. The van der Waals surface area contributed by atoms with Gasteiger partial charge >= 0.3 is 0 Å². The van der Waals surface area contributed by atoms with Crippen LogP contribution in [0.25, 0.3) is 0 Å². The van der Waals surface area contributed by atoms with Gasteiger partial charge in [-0.25, -0.2) is 4.79 Å². The summed E-state index contributed by atoms with van der Waals surface area (Å²) in [5.41, 5.74) is 0. The van der Waals surface area contributed by atoms with E-state index in [1.165, 1.54) is 0 Å². The fourth-order valence-electron chi connectivity index (χ4n) is 0.0709. The van der Waals surface area contributed by atoms with Crippen LogP contribution in [0.5, 0.6) is 0 Å². The number of hydrogen-bond donors (Lipinski definition) is 0. The van der Waals surface area contributed by atoms with Crippen molar-refractivity contribution in [3.05, 3.63) is 10.1 Å². The predicted molar refractivity (Wildman–Crippen MR) is 20.0 cm³/mol. The maximum Gasteiger partial charge on any atom is 0.287 e. The SMILES string of the molecule is O=C=NN=N[N+](=O)[O-]. The molecule has 7 heteroatoms. The second-order valence-corrected chi connectivity index (χ2v) is 0.608. The van der Waals surface area contributed by atoms with Gasteiger partial charge in [-0.15, -0.1) is 0 Å². The van der Waals surface area contributed by atoms with Gasteiger partial charge in [-0.1, -0.05) is 0 Å². The Labute approximate surface area is 42.8 Å². The molecule has 0 amide bonds. The average Bonchev–Trinajstić information content (AvgIpc) is 1.66. The third kappa shape index (κ3) is 4.38. The van der Waals surface area contributed by atoms with Crippen molar-refractivity contribution in [1.82, 2.24) is 0 Å². The van der Waals surface area contributed by atoms with Gasteiger partial charge < -0.3 is 10.1 Å². The van der Waals surface area contributed by atoms with Crippen molar-refractivity contribution in [1.29, 1.82) is 0 Å². The van der Waals surface area contributed by atoms with E-state index in [-0.39, 0.29) is 0 Å². The second-order valence-electron chi connectivity index (χ2n) is 0.608. The Hall–Kier alpha value is -1.62. The molecule has 0 aliphatic heterocycles. The van der Waals surface area contributed by atoms with Crippen LogP contribution in [0.1, 0.15) is 0 Å². The van der Waals surface area contributed by atoms with Gasteiger partial charge in [-0.3, -0.25) is 0 Å². The van der Waals surface area contributed by atoms with Crippen LogP contribution >= 0.6 is 0 Å². The van der Waals surface area contributed by atoms with Gasteiger partial charge in [0, 0.05) is 0 Å². The molecule has 0 aliphatic carbocycles. The van der Waals surface area contributed by atoms with E-state index in [4.69, 9.17) is 4.79 Å². The fourth-order valence-corrected chi connectivity index (χ4v) is 0.0709. The van der Waals surface area contributed by atoms with Crippen molar-refractivity contribution in [2.24, 2.45) is 15.5 Å². The Balaban J connectivity index is 3.67. The van der Waals surface area contributed by atoms with Crippen molar-refractivity contribution >= 4 is 6.08 Å². The van der Waals surface area contributed by atoms with Gasteiger partial charge in [-0.05, 0) is 0 Å². The van der Waals surface area contributed by atoms with E-state index in [9.17, 15) is 10.1 Å².